The smallest absolute Gasteiger partial charge is 0.263 e. The molecule has 112 valence electrons. The summed E-state index contributed by atoms with van der Waals surface area (Å²) in [7, 11) is 0. The Labute approximate surface area is 130 Å². The molecule has 0 spiro atoms. The number of benzene rings is 2. The minimum Gasteiger partial charge on any atom is -0.339 e. The number of fused-ring (bicyclic) bond motifs is 1. The van der Waals surface area contributed by atoms with Crippen molar-refractivity contribution in [2.75, 3.05) is 5.32 Å². The first kappa shape index (κ1) is 13.4. The predicted molar refractivity (Wildman–Crippen MR) is 84.7 cm³/mol. The van der Waals surface area contributed by atoms with E-state index in [-0.39, 0.29) is 5.82 Å². The van der Waals surface area contributed by atoms with Gasteiger partial charge in [-0.05, 0) is 24.3 Å². The van der Waals surface area contributed by atoms with Crippen LogP contribution in [-0.4, -0.2) is 15.1 Å². The normalized spacial score (nSPS) is 10.8. The van der Waals surface area contributed by atoms with Crippen LogP contribution in [0.2, 0.25) is 0 Å². The fourth-order valence-electron chi connectivity index (χ4n) is 2.34. The second kappa shape index (κ2) is 5.49. The van der Waals surface area contributed by atoms with Crippen LogP contribution in [0.1, 0.15) is 0 Å². The Hall–Kier alpha value is -3.28. The second-order valence-corrected chi connectivity index (χ2v) is 4.93. The third-order valence-corrected chi connectivity index (χ3v) is 3.43. The molecule has 0 saturated carbocycles. The van der Waals surface area contributed by atoms with Gasteiger partial charge in [0.2, 0.25) is 0 Å². The highest BCUT2D eigenvalue weighted by Crippen LogP contribution is 2.32. The third kappa shape index (κ3) is 2.50. The van der Waals surface area contributed by atoms with Crippen LogP contribution in [-0.2, 0) is 0 Å². The van der Waals surface area contributed by atoms with Crippen LogP contribution in [0.4, 0.5) is 15.9 Å². The lowest BCUT2D eigenvalue weighted by Crippen LogP contribution is -1.95. The Morgan fingerprint density at radius 2 is 1.70 bits per heavy atom. The van der Waals surface area contributed by atoms with Crippen LogP contribution in [0.3, 0.4) is 0 Å². The Bertz CT molecular complexity index is 951. The van der Waals surface area contributed by atoms with Crippen molar-refractivity contribution in [2.24, 2.45) is 0 Å². The highest BCUT2D eigenvalue weighted by Gasteiger charge is 2.16. The summed E-state index contributed by atoms with van der Waals surface area (Å²) in [5.41, 5.74) is 2.67. The van der Waals surface area contributed by atoms with E-state index in [0.717, 1.165) is 5.56 Å². The molecular formula is C17H11FN4O. The fraction of sp³-hybridized carbons (Fsp3) is 0. The molecule has 0 bridgehead atoms. The average Bonchev–Trinajstić information content (AvgIpc) is 3.03. The SMILES string of the molecule is Fc1ccc(Nc2ncnc3onc(-c4ccccc4)c23)cc1. The van der Waals surface area contributed by atoms with E-state index in [0.29, 0.717) is 28.3 Å². The Balaban J connectivity index is 1.83. The van der Waals surface area contributed by atoms with Crippen LogP contribution < -0.4 is 5.32 Å². The highest BCUT2D eigenvalue weighted by atomic mass is 19.1. The zero-order valence-corrected chi connectivity index (χ0v) is 11.9. The van der Waals surface area contributed by atoms with Gasteiger partial charge in [0.1, 0.15) is 29.0 Å². The van der Waals surface area contributed by atoms with Crippen LogP contribution >= 0.6 is 0 Å². The molecule has 0 saturated heterocycles. The van der Waals surface area contributed by atoms with Crippen molar-refractivity contribution in [3.8, 4) is 11.3 Å². The number of halogens is 1. The molecule has 2 heterocycles. The van der Waals surface area contributed by atoms with Crippen molar-refractivity contribution in [2.45, 2.75) is 0 Å². The van der Waals surface area contributed by atoms with Gasteiger partial charge in [-0.1, -0.05) is 35.5 Å². The number of hydrogen-bond donors (Lipinski definition) is 1. The topological polar surface area (TPSA) is 63.8 Å². The molecule has 0 amide bonds. The van der Waals surface area contributed by atoms with Gasteiger partial charge in [0, 0.05) is 11.3 Å². The third-order valence-electron chi connectivity index (χ3n) is 3.43. The molecule has 2 aromatic carbocycles. The van der Waals surface area contributed by atoms with Crippen molar-refractivity contribution < 1.29 is 8.91 Å². The van der Waals surface area contributed by atoms with Crippen LogP contribution in [0.25, 0.3) is 22.4 Å². The molecule has 23 heavy (non-hydrogen) atoms. The summed E-state index contributed by atoms with van der Waals surface area (Å²) < 4.78 is 18.3. The molecule has 4 aromatic rings. The Morgan fingerprint density at radius 1 is 0.913 bits per heavy atom. The number of hydrogen-bond acceptors (Lipinski definition) is 5. The average molecular weight is 306 g/mol. The van der Waals surface area contributed by atoms with Gasteiger partial charge in [0.15, 0.2) is 0 Å². The summed E-state index contributed by atoms with van der Waals surface area (Å²) in [5.74, 6) is 0.264. The molecule has 0 fully saturated rings. The first-order chi connectivity index (χ1) is 11.3. The number of rotatable bonds is 3. The molecule has 6 heteroatoms. The maximum atomic E-state index is 13.0. The lowest BCUT2D eigenvalue weighted by atomic mass is 10.1. The van der Waals surface area contributed by atoms with Crippen LogP contribution in [0.15, 0.2) is 65.4 Å². The lowest BCUT2D eigenvalue weighted by Gasteiger charge is -2.06. The number of nitrogens with zero attached hydrogens (tertiary/aromatic N) is 3. The molecule has 0 atom stereocenters. The summed E-state index contributed by atoms with van der Waals surface area (Å²) in [4.78, 5) is 8.37. The molecular weight excluding hydrogens is 295 g/mol. The molecule has 0 aliphatic carbocycles. The molecule has 0 aliphatic rings. The molecule has 4 rings (SSSR count). The molecule has 5 nitrogen and oxygen atoms in total. The number of aromatic nitrogens is 3. The monoisotopic (exact) mass is 306 g/mol. The van der Waals surface area contributed by atoms with E-state index in [2.05, 4.69) is 20.4 Å². The van der Waals surface area contributed by atoms with Gasteiger partial charge in [0.05, 0.1) is 0 Å². The van der Waals surface area contributed by atoms with Crippen molar-refractivity contribution in [3.05, 3.63) is 66.7 Å². The van der Waals surface area contributed by atoms with Gasteiger partial charge < -0.3 is 9.84 Å². The zero-order chi connectivity index (χ0) is 15.6. The van der Waals surface area contributed by atoms with Crippen molar-refractivity contribution in [3.63, 3.8) is 0 Å². The second-order valence-electron chi connectivity index (χ2n) is 4.93. The van der Waals surface area contributed by atoms with E-state index in [1.54, 1.807) is 12.1 Å². The molecule has 0 aliphatic heterocycles. The van der Waals surface area contributed by atoms with Crippen LogP contribution in [0, 0.1) is 5.82 Å². The van der Waals surface area contributed by atoms with Gasteiger partial charge in [-0.25, -0.2) is 9.37 Å². The predicted octanol–water partition coefficient (Wildman–Crippen LogP) is 4.17. The fourth-order valence-corrected chi connectivity index (χ4v) is 2.34. The maximum absolute atomic E-state index is 13.0. The van der Waals surface area contributed by atoms with Gasteiger partial charge >= 0.3 is 0 Å². The van der Waals surface area contributed by atoms with E-state index >= 15 is 0 Å². The first-order valence-corrected chi connectivity index (χ1v) is 6.99. The van der Waals surface area contributed by atoms with Gasteiger partial charge in [-0.3, -0.25) is 0 Å². The van der Waals surface area contributed by atoms with Gasteiger partial charge in [-0.2, -0.15) is 4.98 Å². The minimum absolute atomic E-state index is 0.293. The zero-order valence-electron chi connectivity index (χ0n) is 11.9. The highest BCUT2D eigenvalue weighted by molar-refractivity contribution is 5.98. The van der Waals surface area contributed by atoms with E-state index in [1.165, 1.54) is 18.5 Å². The van der Waals surface area contributed by atoms with Gasteiger partial charge in [0.25, 0.3) is 5.71 Å². The summed E-state index contributed by atoms with van der Waals surface area (Å²) in [6, 6.07) is 15.7. The molecule has 2 aromatic heterocycles. The number of nitrogens with one attached hydrogen (secondary N) is 1. The lowest BCUT2D eigenvalue weighted by molar-refractivity contribution is 0.451. The van der Waals surface area contributed by atoms with Crippen molar-refractivity contribution in [1.29, 1.82) is 0 Å². The van der Waals surface area contributed by atoms with E-state index in [1.807, 2.05) is 30.3 Å². The molecule has 1 N–H and O–H groups in total. The summed E-state index contributed by atoms with van der Waals surface area (Å²) >= 11 is 0. The molecule has 0 unspecified atom stereocenters. The summed E-state index contributed by atoms with van der Waals surface area (Å²) in [6.45, 7) is 0. The summed E-state index contributed by atoms with van der Waals surface area (Å²) in [6.07, 6.45) is 1.40. The van der Waals surface area contributed by atoms with E-state index < -0.39 is 0 Å². The van der Waals surface area contributed by atoms with Crippen LogP contribution in [0.5, 0.6) is 0 Å². The quantitative estimate of drug-likeness (QED) is 0.615. The van der Waals surface area contributed by atoms with E-state index in [9.17, 15) is 4.39 Å². The maximum Gasteiger partial charge on any atom is 0.263 e. The Kier molecular flexibility index (Phi) is 3.20. The van der Waals surface area contributed by atoms with Crippen molar-refractivity contribution >= 4 is 22.6 Å². The largest absolute Gasteiger partial charge is 0.339 e. The standard InChI is InChI=1S/C17H11FN4O/c18-12-6-8-13(9-7-12)21-16-14-15(11-4-2-1-3-5-11)22-23-17(14)20-10-19-16/h1-10H,(H,19,20,21). The van der Waals surface area contributed by atoms with Crippen molar-refractivity contribution in [1.82, 2.24) is 15.1 Å². The summed E-state index contributed by atoms with van der Waals surface area (Å²) in [5, 5.41) is 7.94. The Morgan fingerprint density at radius 3 is 2.48 bits per heavy atom. The number of anilines is 2. The van der Waals surface area contributed by atoms with Gasteiger partial charge in [-0.15, -0.1) is 0 Å². The van der Waals surface area contributed by atoms with E-state index in [4.69, 9.17) is 4.52 Å². The minimum atomic E-state index is -0.293. The molecule has 0 radical (unpaired) electrons. The first-order valence-electron chi connectivity index (χ1n) is 6.99.